The first kappa shape index (κ1) is 15.5. The third-order valence-electron chi connectivity index (χ3n) is 3.06. The molecule has 1 aromatic rings. The Balaban J connectivity index is 2.92. The number of hydrogen-bond acceptors (Lipinski definition) is 2. The van der Waals surface area contributed by atoms with Crippen LogP contribution in [0.1, 0.15) is 44.7 Å². The molecule has 0 aliphatic rings. The number of halogens is 3. The summed E-state index contributed by atoms with van der Waals surface area (Å²) in [7, 11) is 0. The molecular formula is C13H19BrF2N2. The van der Waals surface area contributed by atoms with E-state index in [1.807, 2.05) is 0 Å². The Bertz CT molecular complexity index is 399. The van der Waals surface area contributed by atoms with E-state index >= 15 is 0 Å². The fourth-order valence-electron chi connectivity index (χ4n) is 2.11. The molecule has 18 heavy (non-hydrogen) atoms. The van der Waals surface area contributed by atoms with Crippen LogP contribution in [0.4, 0.5) is 8.78 Å². The first-order chi connectivity index (χ1) is 8.51. The van der Waals surface area contributed by atoms with E-state index in [0.29, 0.717) is 11.5 Å². The van der Waals surface area contributed by atoms with Gasteiger partial charge in [-0.05, 0) is 39.9 Å². The molecule has 0 fully saturated rings. The summed E-state index contributed by atoms with van der Waals surface area (Å²) >= 11 is 3.09. The number of rotatable bonds is 6. The molecule has 0 radical (unpaired) electrons. The number of hydrogen-bond donors (Lipinski definition) is 2. The third kappa shape index (κ3) is 3.73. The number of nitrogens with two attached hydrogens (primary N) is 1. The first-order valence-corrected chi connectivity index (χ1v) is 6.90. The second kappa shape index (κ2) is 7.16. The molecule has 2 unspecified atom stereocenters. The van der Waals surface area contributed by atoms with Gasteiger partial charge in [0.1, 0.15) is 0 Å². The van der Waals surface area contributed by atoms with Crippen molar-refractivity contribution in [1.82, 2.24) is 5.43 Å². The van der Waals surface area contributed by atoms with Crippen LogP contribution in [0, 0.1) is 17.6 Å². The topological polar surface area (TPSA) is 38.0 Å². The van der Waals surface area contributed by atoms with Crippen LogP contribution >= 0.6 is 15.9 Å². The highest BCUT2D eigenvalue weighted by Gasteiger charge is 2.20. The van der Waals surface area contributed by atoms with Gasteiger partial charge < -0.3 is 0 Å². The second-order valence-corrected chi connectivity index (χ2v) is 5.41. The molecule has 0 aliphatic heterocycles. The van der Waals surface area contributed by atoms with E-state index in [1.54, 1.807) is 6.07 Å². The molecule has 2 nitrogen and oxygen atoms in total. The van der Waals surface area contributed by atoms with Crippen LogP contribution in [0.25, 0.3) is 0 Å². The maximum Gasteiger partial charge on any atom is 0.173 e. The molecule has 0 aromatic heterocycles. The summed E-state index contributed by atoms with van der Waals surface area (Å²) in [6.07, 6.45) is 2.96. The maximum absolute atomic E-state index is 13.5. The summed E-state index contributed by atoms with van der Waals surface area (Å²) in [5.41, 5.74) is 3.33. The largest absolute Gasteiger partial charge is 0.271 e. The number of benzene rings is 1. The lowest BCUT2D eigenvalue weighted by molar-refractivity contribution is 0.391. The van der Waals surface area contributed by atoms with Crippen molar-refractivity contribution in [3.8, 4) is 0 Å². The van der Waals surface area contributed by atoms with E-state index in [0.717, 1.165) is 25.3 Å². The Labute approximate surface area is 115 Å². The minimum absolute atomic E-state index is 0.147. The van der Waals surface area contributed by atoms with E-state index in [1.165, 1.54) is 0 Å². The fraction of sp³-hybridized carbons (Fsp3) is 0.538. The zero-order valence-electron chi connectivity index (χ0n) is 10.6. The summed E-state index contributed by atoms with van der Waals surface area (Å²) in [4.78, 5) is 0. The number of nitrogens with one attached hydrogen (secondary N) is 1. The quantitative estimate of drug-likeness (QED) is 0.471. The van der Waals surface area contributed by atoms with Crippen LogP contribution in [0.5, 0.6) is 0 Å². The van der Waals surface area contributed by atoms with Gasteiger partial charge in [-0.2, -0.15) is 0 Å². The molecule has 0 amide bonds. The molecular weight excluding hydrogens is 302 g/mol. The SMILES string of the molecule is CCCC(C)CC(NN)c1ccc(F)c(F)c1Br. The standard InChI is InChI=1S/C13H19BrF2N2/c1-3-4-8(2)7-11(18-17)9-5-6-10(15)13(16)12(9)14/h5-6,8,11,18H,3-4,7,17H2,1-2H3. The summed E-state index contributed by atoms with van der Waals surface area (Å²) in [5, 5.41) is 0. The molecule has 3 N–H and O–H groups in total. The van der Waals surface area contributed by atoms with Crippen LogP contribution in [-0.4, -0.2) is 0 Å². The molecule has 1 aromatic carbocycles. The number of hydrazine groups is 1. The summed E-state index contributed by atoms with van der Waals surface area (Å²) in [6.45, 7) is 4.25. The Hall–Kier alpha value is -0.520. The average molecular weight is 321 g/mol. The molecule has 0 aliphatic carbocycles. The van der Waals surface area contributed by atoms with Gasteiger partial charge in [-0.25, -0.2) is 8.78 Å². The van der Waals surface area contributed by atoms with Gasteiger partial charge in [0.25, 0.3) is 0 Å². The van der Waals surface area contributed by atoms with Crippen molar-refractivity contribution in [2.75, 3.05) is 0 Å². The summed E-state index contributed by atoms with van der Waals surface area (Å²) < 4.78 is 26.7. The van der Waals surface area contributed by atoms with Crippen molar-refractivity contribution < 1.29 is 8.78 Å². The predicted octanol–water partition coefficient (Wildman–Crippen LogP) is 4.06. The highest BCUT2D eigenvalue weighted by atomic mass is 79.9. The van der Waals surface area contributed by atoms with Gasteiger partial charge in [-0.1, -0.05) is 32.8 Å². The van der Waals surface area contributed by atoms with Crippen LogP contribution in [-0.2, 0) is 0 Å². The molecule has 2 atom stereocenters. The van der Waals surface area contributed by atoms with Gasteiger partial charge in [-0.15, -0.1) is 0 Å². The van der Waals surface area contributed by atoms with Gasteiger partial charge >= 0.3 is 0 Å². The highest BCUT2D eigenvalue weighted by Crippen LogP contribution is 2.31. The van der Waals surface area contributed by atoms with E-state index in [9.17, 15) is 8.78 Å². The molecule has 0 saturated carbocycles. The normalized spacial score (nSPS) is 14.6. The minimum atomic E-state index is -0.865. The van der Waals surface area contributed by atoms with Crippen LogP contribution in [0.15, 0.2) is 16.6 Å². The Morgan fingerprint density at radius 2 is 2.06 bits per heavy atom. The zero-order chi connectivity index (χ0) is 13.7. The Kier molecular flexibility index (Phi) is 6.18. The minimum Gasteiger partial charge on any atom is -0.271 e. The zero-order valence-corrected chi connectivity index (χ0v) is 12.2. The lowest BCUT2D eigenvalue weighted by Crippen LogP contribution is -2.29. The van der Waals surface area contributed by atoms with Crippen molar-refractivity contribution in [3.05, 3.63) is 33.8 Å². The molecule has 1 rings (SSSR count). The van der Waals surface area contributed by atoms with Crippen LogP contribution < -0.4 is 11.3 Å². The lowest BCUT2D eigenvalue weighted by atomic mass is 9.93. The molecule has 102 valence electrons. The summed E-state index contributed by atoms with van der Waals surface area (Å²) in [6, 6.07) is 2.51. The van der Waals surface area contributed by atoms with Crippen LogP contribution in [0.2, 0.25) is 0 Å². The van der Waals surface area contributed by atoms with Crippen molar-refractivity contribution >= 4 is 15.9 Å². The van der Waals surface area contributed by atoms with Gasteiger partial charge in [0.2, 0.25) is 0 Å². The first-order valence-electron chi connectivity index (χ1n) is 6.10. The smallest absolute Gasteiger partial charge is 0.173 e. The van der Waals surface area contributed by atoms with E-state index < -0.39 is 11.6 Å². The molecule has 0 heterocycles. The van der Waals surface area contributed by atoms with Gasteiger partial charge in [0.15, 0.2) is 11.6 Å². The predicted molar refractivity (Wildman–Crippen MR) is 72.8 cm³/mol. The molecule has 5 heteroatoms. The van der Waals surface area contributed by atoms with Crippen molar-refractivity contribution in [1.29, 1.82) is 0 Å². The van der Waals surface area contributed by atoms with Gasteiger partial charge in [0.05, 0.1) is 4.47 Å². The third-order valence-corrected chi connectivity index (χ3v) is 3.87. The van der Waals surface area contributed by atoms with E-state index in [-0.39, 0.29) is 10.5 Å². The van der Waals surface area contributed by atoms with Crippen molar-refractivity contribution in [3.63, 3.8) is 0 Å². The Morgan fingerprint density at radius 1 is 1.39 bits per heavy atom. The Morgan fingerprint density at radius 3 is 2.61 bits per heavy atom. The van der Waals surface area contributed by atoms with Gasteiger partial charge in [-0.3, -0.25) is 11.3 Å². The average Bonchev–Trinajstić information content (AvgIpc) is 2.34. The second-order valence-electron chi connectivity index (χ2n) is 4.61. The van der Waals surface area contributed by atoms with Crippen molar-refractivity contribution in [2.45, 2.75) is 39.2 Å². The highest BCUT2D eigenvalue weighted by molar-refractivity contribution is 9.10. The van der Waals surface area contributed by atoms with E-state index in [4.69, 9.17) is 5.84 Å². The van der Waals surface area contributed by atoms with Crippen LogP contribution in [0.3, 0.4) is 0 Å². The lowest BCUT2D eigenvalue weighted by Gasteiger charge is -2.21. The summed E-state index contributed by atoms with van der Waals surface area (Å²) in [5.74, 6) is 4.26. The molecule has 0 bridgehead atoms. The maximum atomic E-state index is 13.5. The monoisotopic (exact) mass is 320 g/mol. The van der Waals surface area contributed by atoms with Crippen molar-refractivity contribution in [2.24, 2.45) is 11.8 Å². The van der Waals surface area contributed by atoms with E-state index in [2.05, 4.69) is 35.2 Å². The molecule has 0 spiro atoms. The molecule has 0 saturated heterocycles. The van der Waals surface area contributed by atoms with Gasteiger partial charge in [0, 0.05) is 6.04 Å². The fourth-order valence-corrected chi connectivity index (χ4v) is 2.71.